The molecule has 4 heteroatoms. The fraction of sp³-hybridized carbons (Fsp3) is 1.00. The zero-order valence-corrected chi connectivity index (χ0v) is 11.5. The van der Waals surface area contributed by atoms with E-state index in [-0.39, 0.29) is 0 Å². The number of hydrogen-bond donors (Lipinski definition) is 1. The standard InChI is InChI=1S/C13H29NO3/c1-3-7-14-8-5-4-6-9-16-12-13-17-11-10-15-2/h14H,3-13H2,1-2H3. The van der Waals surface area contributed by atoms with Crippen LogP contribution in [0.4, 0.5) is 0 Å². The minimum Gasteiger partial charge on any atom is -0.382 e. The summed E-state index contributed by atoms with van der Waals surface area (Å²) < 4.78 is 15.6. The first-order valence-corrected chi connectivity index (χ1v) is 6.77. The Morgan fingerprint density at radius 2 is 1.47 bits per heavy atom. The van der Waals surface area contributed by atoms with Crippen LogP contribution in [-0.4, -0.2) is 53.2 Å². The fourth-order valence-electron chi connectivity index (χ4n) is 1.40. The molecule has 0 unspecified atom stereocenters. The average molecular weight is 247 g/mol. The van der Waals surface area contributed by atoms with Crippen molar-refractivity contribution in [2.24, 2.45) is 0 Å². The second-order valence-electron chi connectivity index (χ2n) is 4.03. The molecule has 104 valence electrons. The lowest BCUT2D eigenvalue weighted by Gasteiger charge is -2.06. The van der Waals surface area contributed by atoms with Gasteiger partial charge in [-0.1, -0.05) is 6.92 Å². The van der Waals surface area contributed by atoms with E-state index in [9.17, 15) is 0 Å². The van der Waals surface area contributed by atoms with Crippen LogP contribution in [0.2, 0.25) is 0 Å². The predicted molar refractivity (Wildman–Crippen MR) is 70.5 cm³/mol. The third kappa shape index (κ3) is 15.8. The van der Waals surface area contributed by atoms with E-state index in [0.717, 1.165) is 26.1 Å². The largest absolute Gasteiger partial charge is 0.382 e. The summed E-state index contributed by atoms with van der Waals surface area (Å²) in [4.78, 5) is 0. The van der Waals surface area contributed by atoms with Crippen LogP contribution in [0.5, 0.6) is 0 Å². The Balaban J connectivity index is 2.85. The van der Waals surface area contributed by atoms with Crippen LogP contribution in [0, 0.1) is 0 Å². The molecule has 0 heterocycles. The molecule has 0 aromatic rings. The predicted octanol–water partition coefficient (Wildman–Crippen LogP) is 1.84. The molecule has 0 aliphatic carbocycles. The Morgan fingerprint density at radius 3 is 2.18 bits per heavy atom. The average Bonchev–Trinajstić information content (AvgIpc) is 2.35. The lowest BCUT2D eigenvalue weighted by atomic mass is 10.2. The van der Waals surface area contributed by atoms with Crippen LogP contribution in [-0.2, 0) is 14.2 Å². The lowest BCUT2D eigenvalue weighted by molar-refractivity contribution is 0.0240. The summed E-state index contributed by atoms with van der Waals surface area (Å²) in [5, 5.41) is 3.39. The van der Waals surface area contributed by atoms with Gasteiger partial charge in [-0.2, -0.15) is 0 Å². The van der Waals surface area contributed by atoms with Crippen LogP contribution < -0.4 is 5.32 Å². The van der Waals surface area contributed by atoms with Crippen molar-refractivity contribution in [3.05, 3.63) is 0 Å². The Kier molecular flexibility index (Phi) is 15.7. The molecule has 17 heavy (non-hydrogen) atoms. The van der Waals surface area contributed by atoms with Crippen molar-refractivity contribution in [3.63, 3.8) is 0 Å². The topological polar surface area (TPSA) is 39.7 Å². The molecule has 1 N–H and O–H groups in total. The smallest absolute Gasteiger partial charge is 0.0701 e. The zero-order chi connectivity index (χ0) is 12.6. The molecule has 0 amide bonds. The maximum Gasteiger partial charge on any atom is 0.0701 e. The van der Waals surface area contributed by atoms with Gasteiger partial charge in [0, 0.05) is 13.7 Å². The SMILES string of the molecule is CCCNCCCCCOCCOCCOC. The van der Waals surface area contributed by atoms with Crippen molar-refractivity contribution in [1.29, 1.82) is 0 Å². The van der Waals surface area contributed by atoms with E-state index in [2.05, 4.69) is 12.2 Å². The van der Waals surface area contributed by atoms with E-state index < -0.39 is 0 Å². The van der Waals surface area contributed by atoms with Gasteiger partial charge >= 0.3 is 0 Å². The second-order valence-corrected chi connectivity index (χ2v) is 4.03. The molecular weight excluding hydrogens is 218 g/mol. The van der Waals surface area contributed by atoms with E-state index >= 15 is 0 Å². The molecule has 0 aliphatic heterocycles. The molecule has 0 bridgehead atoms. The first kappa shape index (κ1) is 16.8. The molecule has 0 rings (SSSR count). The first-order valence-electron chi connectivity index (χ1n) is 6.77. The minimum atomic E-state index is 0.656. The van der Waals surface area contributed by atoms with Crippen molar-refractivity contribution >= 4 is 0 Å². The zero-order valence-electron chi connectivity index (χ0n) is 11.5. The molecule has 0 spiro atoms. The van der Waals surface area contributed by atoms with Crippen LogP contribution in [0.1, 0.15) is 32.6 Å². The molecule has 0 saturated carbocycles. The molecule has 0 radical (unpaired) electrons. The fourth-order valence-corrected chi connectivity index (χ4v) is 1.40. The van der Waals surface area contributed by atoms with Gasteiger partial charge in [0.05, 0.1) is 26.4 Å². The van der Waals surface area contributed by atoms with Crippen molar-refractivity contribution < 1.29 is 14.2 Å². The molecule has 0 fully saturated rings. The highest BCUT2D eigenvalue weighted by molar-refractivity contribution is 4.47. The Morgan fingerprint density at radius 1 is 0.765 bits per heavy atom. The van der Waals surface area contributed by atoms with Gasteiger partial charge in [0.1, 0.15) is 0 Å². The maximum atomic E-state index is 5.46. The molecule has 4 nitrogen and oxygen atoms in total. The molecule has 0 aliphatic rings. The van der Waals surface area contributed by atoms with Crippen LogP contribution in [0.15, 0.2) is 0 Å². The summed E-state index contributed by atoms with van der Waals surface area (Å²) in [5.74, 6) is 0. The third-order valence-electron chi connectivity index (χ3n) is 2.37. The molecule has 0 aromatic heterocycles. The second kappa shape index (κ2) is 15.8. The monoisotopic (exact) mass is 247 g/mol. The maximum absolute atomic E-state index is 5.46. The number of hydrogen-bond acceptors (Lipinski definition) is 4. The summed E-state index contributed by atoms with van der Waals surface area (Å²) >= 11 is 0. The van der Waals surface area contributed by atoms with Gasteiger partial charge in [-0.25, -0.2) is 0 Å². The highest BCUT2D eigenvalue weighted by atomic mass is 16.5. The van der Waals surface area contributed by atoms with Crippen molar-refractivity contribution in [2.45, 2.75) is 32.6 Å². The minimum absolute atomic E-state index is 0.656. The summed E-state index contributed by atoms with van der Waals surface area (Å²) in [5.41, 5.74) is 0. The normalized spacial score (nSPS) is 10.9. The van der Waals surface area contributed by atoms with Gasteiger partial charge in [-0.05, 0) is 38.8 Å². The third-order valence-corrected chi connectivity index (χ3v) is 2.37. The Labute approximate surface area is 106 Å². The quantitative estimate of drug-likeness (QED) is 0.475. The number of nitrogens with one attached hydrogen (secondary N) is 1. The highest BCUT2D eigenvalue weighted by Crippen LogP contribution is 1.94. The van der Waals surface area contributed by atoms with Gasteiger partial charge in [-0.15, -0.1) is 0 Å². The number of ether oxygens (including phenoxy) is 3. The Hall–Kier alpha value is -0.160. The van der Waals surface area contributed by atoms with E-state index in [1.807, 2.05) is 0 Å². The van der Waals surface area contributed by atoms with Crippen molar-refractivity contribution in [2.75, 3.05) is 53.2 Å². The van der Waals surface area contributed by atoms with Crippen LogP contribution in [0.3, 0.4) is 0 Å². The van der Waals surface area contributed by atoms with E-state index in [4.69, 9.17) is 14.2 Å². The van der Waals surface area contributed by atoms with E-state index in [1.54, 1.807) is 7.11 Å². The van der Waals surface area contributed by atoms with E-state index in [1.165, 1.54) is 19.3 Å². The summed E-state index contributed by atoms with van der Waals surface area (Å²) in [6.45, 7) is 7.98. The summed E-state index contributed by atoms with van der Waals surface area (Å²) in [6, 6.07) is 0. The number of methoxy groups -OCH3 is 1. The van der Waals surface area contributed by atoms with Crippen molar-refractivity contribution in [1.82, 2.24) is 5.32 Å². The van der Waals surface area contributed by atoms with Crippen LogP contribution >= 0.6 is 0 Å². The number of unbranched alkanes of at least 4 members (excludes halogenated alkanes) is 2. The van der Waals surface area contributed by atoms with Gasteiger partial charge in [-0.3, -0.25) is 0 Å². The van der Waals surface area contributed by atoms with E-state index in [0.29, 0.717) is 26.4 Å². The van der Waals surface area contributed by atoms with Gasteiger partial charge in [0.15, 0.2) is 0 Å². The molecular formula is C13H29NO3. The summed E-state index contributed by atoms with van der Waals surface area (Å²) in [7, 11) is 1.68. The summed E-state index contributed by atoms with van der Waals surface area (Å²) in [6.07, 6.45) is 4.84. The highest BCUT2D eigenvalue weighted by Gasteiger charge is 1.92. The van der Waals surface area contributed by atoms with Gasteiger partial charge in [0.2, 0.25) is 0 Å². The first-order chi connectivity index (χ1) is 8.41. The Bertz CT molecular complexity index is 120. The van der Waals surface area contributed by atoms with Gasteiger partial charge in [0.25, 0.3) is 0 Å². The molecule has 0 atom stereocenters. The van der Waals surface area contributed by atoms with Gasteiger partial charge < -0.3 is 19.5 Å². The van der Waals surface area contributed by atoms with Crippen molar-refractivity contribution in [3.8, 4) is 0 Å². The lowest BCUT2D eigenvalue weighted by Crippen LogP contribution is -2.15. The number of rotatable bonds is 14. The molecule has 0 saturated heterocycles. The van der Waals surface area contributed by atoms with Crippen LogP contribution in [0.25, 0.3) is 0 Å². The molecule has 0 aromatic carbocycles.